The van der Waals surface area contributed by atoms with E-state index in [9.17, 15) is 0 Å². The van der Waals surface area contributed by atoms with Crippen molar-refractivity contribution in [3.05, 3.63) is 133 Å². The van der Waals surface area contributed by atoms with Crippen LogP contribution in [0, 0.1) is 0 Å². The minimum atomic E-state index is -2.40. The molecule has 2 aliphatic heterocycles. The number of hydrogen-bond donors (Lipinski definition) is 0. The monoisotopic (exact) mass is 667 g/mol. The first-order valence-corrected chi connectivity index (χ1v) is 19.1. The summed E-state index contributed by atoms with van der Waals surface area (Å²) in [6, 6.07) is 44.8. The van der Waals surface area contributed by atoms with Crippen molar-refractivity contribution in [2.24, 2.45) is 0 Å². The molecule has 0 bridgehead atoms. The van der Waals surface area contributed by atoms with Gasteiger partial charge in [0.2, 0.25) is 0 Å². The van der Waals surface area contributed by atoms with Crippen LogP contribution < -0.4 is 24.3 Å². The van der Waals surface area contributed by atoms with Crippen molar-refractivity contribution in [3.63, 3.8) is 0 Å². The summed E-state index contributed by atoms with van der Waals surface area (Å²) in [5.74, 6) is 3.51. The van der Waals surface area contributed by atoms with Crippen molar-refractivity contribution in [3.8, 4) is 39.8 Å². The van der Waals surface area contributed by atoms with Crippen LogP contribution >= 0.6 is 6.04 Å². The van der Waals surface area contributed by atoms with Crippen LogP contribution in [0.2, 0.25) is 0 Å². The standard InChI is InChI=1S/C38H22NO2PSSe/c43-42-33-16-8-7-15-31(33)40-35-25(19-21-32(37(35)42)41-36-27-13-5-9-17-34(27)44-38(36)42)23-18-20-30-28(22-23)26-12-4-6-14-29(26)39(30)24-10-2-1-3-11-24/h1-22H. The van der Waals surface area contributed by atoms with Gasteiger partial charge in [-0.15, -0.1) is 0 Å². The molecule has 0 N–H and O–H groups in total. The van der Waals surface area contributed by atoms with Gasteiger partial charge in [-0.3, -0.25) is 0 Å². The van der Waals surface area contributed by atoms with E-state index in [0.717, 1.165) is 50.4 Å². The van der Waals surface area contributed by atoms with E-state index in [1.165, 1.54) is 35.6 Å². The van der Waals surface area contributed by atoms with Crippen molar-refractivity contribution in [1.82, 2.24) is 4.57 Å². The van der Waals surface area contributed by atoms with E-state index >= 15 is 0 Å². The topological polar surface area (TPSA) is 23.4 Å². The Morgan fingerprint density at radius 3 is 2.23 bits per heavy atom. The molecule has 0 fully saturated rings. The second-order valence-corrected chi connectivity index (χ2v) is 18.3. The molecule has 208 valence electrons. The van der Waals surface area contributed by atoms with Gasteiger partial charge in [0.15, 0.2) is 0 Å². The van der Waals surface area contributed by atoms with Gasteiger partial charge in [0, 0.05) is 0 Å². The summed E-state index contributed by atoms with van der Waals surface area (Å²) in [7, 11) is 0. The van der Waals surface area contributed by atoms with Gasteiger partial charge in [0.25, 0.3) is 0 Å². The Bertz CT molecular complexity index is 2550. The minimum absolute atomic E-state index is 0.0923. The second-order valence-electron chi connectivity index (χ2n) is 11.2. The predicted octanol–water partition coefficient (Wildman–Crippen LogP) is 8.63. The summed E-state index contributed by atoms with van der Waals surface area (Å²) >= 11 is 6.99. The molecule has 2 aliphatic rings. The third-order valence-corrected chi connectivity index (χ3v) is 18.4. The summed E-state index contributed by atoms with van der Waals surface area (Å²) in [6.45, 7) is 0. The molecule has 10 rings (SSSR count). The van der Waals surface area contributed by atoms with Gasteiger partial charge in [0.1, 0.15) is 0 Å². The number of hydrogen-bond acceptors (Lipinski definition) is 3. The van der Waals surface area contributed by atoms with Gasteiger partial charge >= 0.3 is 248 Å². The molecular formula is C38H22NO2PSSe. The van der Waals surface area contributed by atoms with E-state index in [4.69, 9.17) is 21.3 Å². The number of nitrogens with zero attached hydrogens (tertiary/aromatic N) is 1. The van der Waals surface area contributed by atoms with E-state index in [0.29, 0.717) is 0 Å². The third kappa shape index (κ3) is 3.25. The molecule has 0 saturated carbocycles. The molecule has 6 heteroatoms. The molecule has 0 amide bonds. The molecule has 0 radical (unpaired) electrons. The van der Waals surface area contributed by atoms with E-state index in [1.54, 1.807) is 0 Å². The Balaban J connectivity index is 1.25. The average molecular weight is 667 g/mol. The first kappa shape index (κ1) is 25.0. The van der Waals surface area contributed by atoms with Gasteiger partial charge in [-0.1, -0.05) is 18.2 Å². The zero-order chi connectivity index (χ0) is 29.0. The molecule has 4 heterocycles. The van der Waals surface area contributed by atoms with Crippen molar-refractivity contribution >= 4 is 78.6 Å². The predicted molar refractivity (Wildman–Crippen MR) is 187 cm³/mol. The normalized spacial score (nSPS) is 16.3. The summed E-state index contributed by atoms with van der Waals surface area (Å²) in [6.07, 6.45) is 0. The van der Waals surface area contributed by atoms with Crippen molar-refractivity contribution < 1.29 is 9.47 Å². The van der Waals surface area contributed by atoms with E-state index in [1.807, 2.05) is 6.07 Å². The Kier molecular flexibility index (Phi) is 5.16. The van der Waals surface area contributed by atoms with Crippen LogP contribution in [0.15, 0.2) is 133 Å². The Morgan fingerprint density at radius 2 is 1.32 bits per heavy atom. The SMILES string of the molecule is S=P12c3ccccc3Oc3c(-c4ccc5c(c4)c4ccccc4n5-c4ccccc4)ccc(c31)Oc1c2[se]c2ccccc12. The summed E-state index contributed by atoms with van der Waals surface area (Å²) in [5.41, 5.74) is 5.66. The molecule has 1 unspecified atom stereocenters. The fourth-order valence-corrected chi connectivity index (χ4v) is 15.9. The Labute approximate surface area is 264 Å². The Hall–Kier alpha value is -4.37. The van der Waals surface area contributed by atoms with Gasteiger partial charge in [-0.25, -0.2) is 0 Å². The van der Waals surface area contributed by atoms with Crippen LogP contribution in [0.4, 0.5) is 0 Å². The number of rotatable bonds is 2. The van der Waals surface area contributed by atoms with Crippen LogP contribution in [-0.2, 0) is 11.8 Å². The number of ether oxygens (including phenoxy) is 2. The van der Waals surface area contributed by atoms with E-state index < -0.39 is 6.04 Å². The molecule has 0 saturated heterocycles. The van der Waals surface area contributed by atoms with Crippen LogP contribution in [0.3, 0.4) is 0 Å². The quantitative estimate of drug-likeness (QED) is 0.136. The summed E-state index contributed by atoms with van der Waals surface area (Å²) in [5, 5.41) is 5.81. The van der Waals surface area contributed by atoms with Gasteiger partial charge in [-0.05, 0) is 0 Å². The summed E-state index contributed by atoms with van der Waals surface area (Å²) < 4.78 is 18.6. The molecule has 2 aromatic heterocycles. The van der Waals surface area contributed by atoms with Crippen molar-refractivity contribution in [2.45, 2.75) is 0 Å². The molecule has 3 nitrogen and oxygen atoms in total. The molecule has 0 aliphatic carbocycles. The first-order chi connectivity index (χ1) is 21.7. The fourth-order valence-electron chi connectivity index (χ4n) is 6.93. The van der Waals surface area contributed by atoms with Crippen molar-refractivity contribution in [1.29, 1.82) is 0 Å². The van der Waals surface area contributed by atoms with Crippen LogP contribution in [-0.4, -0.2) is 19.1 Å². The van der Waals surface area contributed by atoms with Crippen LogP contribution in [0.1, 0.15) is 0 Å². The molecule has 8 aromatic rings. The summed E-state index contributed by atoms with van der Waals surface area (Å²) in [4.78, 5) is 0. The first-order valence-electron chi connectivity index (χ1n) is 14.5. The molecule has 1 atom stereocenters. The molecular weight excluding hydrogens is 644 g/mol. The van der Waals surface area contributed by atoms with Crippen molar-refractivity contribution in [2.75, 3.05) is 0 Å². The van der Waals surface area contributed by atoms with Gasteiger partial charge in [0.05, 0.1) is 0 Å². The van der Waals surface area contributed by atoms with Crippen LogP contribution in [0.25, 0.3) is 48.3 Å². The number of para-hydroxylation sites is 3. The zero-order valence-corrected chi connectivity index (χ0v) is 26.7. The second kappa shape index (κ2) is 9.08. The van der Waals surface area contributed by atoms with Crippen LogP contribution in [0.5, 0.6) is 23.0 Å². The molecule has 44 heavy (non-hydrogen) atoms. The average Bonchev–Trinajstić information content (AvgIpc) is 3.61. The molecule has 0 spiro atoms. The zero-order valence-electron chi connectivity index (χ0n) is 23.2. The maximum atomic E-state index is 6.90. The number of benzene rings is 6. The fraction of sp³-hybridized carbons (Fsp3) is 0. The Morgan fingerprint density at radius 1 is 0.591 bits per heavy atom. The third-order valence-electron chi connectivity index (χ3n) is 8.85. The van der Waals surface area contributed by atoms with Gasteiger partial charge < -0.3 is 0 Å². The van der Waals surface area contributed by atoms with E-state index in [-0.39, 0.29) is 14.5 Å². The number of fused-ring (bicyclic) bond motifs is 9. The molecule has 6 aromatic carbocycles. The maximum absolute atomic E-state index is 6.90. The van der Waals surface area contributed by atoms with Gasteiger partial charge in [-0.2, -0.15) is 0 Å². The number of aromatic nitrogens is 1. The van der Waals surface area contributed by atoms with E-state index in [2.05, 4.69) is 132 Å².